The van der Waals surface area contributed by atoms with Crippen LogP contribution in [0.5, 0.6) is 0 Å². The second-order valence-electron chi connectivity index (χ2n) is 17.9. The molecule has 25 nitrogen and oxygen atoms in total. The molecule has 1 rings (SSSR count). The molecule has 0 bridgehead atoms. The fourth-order valence-electron chi connectivity index (χ4n) is 5.89. The molecule has 0 aliphatic heterocycles. The van der Waals surface area contributed by atoms with Crippen LogP contribution < -0.4 is 29.6 Å². The number of carbonyl (C=O) groups is 10. The average Bonchev–Trinajstić information content (AvgIpc) is 4.07. The van der Waals surface area contributed by atoms with E-state index in [9.17, 15) is 56.4 Å². The first kappa shape index (κ1) is 91.3. The molecule has 0 amide bonds. The Morgan fingerprint density at radius 2 is 0.671 bits per heavy atom. The molecule has 2 atom stereocenters. The molecule has 480 valence electrons. The summed E-state index contributed by atoms with van der Waals surface area (Å²) in [5, 5.41) is 50.7. The number of hydrogen-bond donors (Lipinski definition) is 6. The normalized spacial score (nSPS) is 12.5. The number of carboxylic acids is 4. The van der Waals surface area contributed by atoms with E-state index in [1.165, 1.54) is 0 Å². The van der Waals surface area contributed by atoms with E-state index >= 15 is 0 Å². The fraction of sp³-hybridized carbons (Fsp3) is 0.818. The van der Waals surface area contributed by atoms with E-state index in [2.05, 4.69) is 20.6 Å². The number of carbonyl (C=O) groups excluding carboxylic acids is 6. The summed E-state index contributed by atoms with van der Waals surface area (Å²) in [4.78, 5) is 108. The molecule has 0 aromatic carbocycles. The van der Waals surface area contributed by atoms with E-state index < -0.39 is 93.5 Å². The summed E-state index contributed by atoms with van der Waals surface area (Å²) in [6, 6.07) is 0. The topological polar surface area (TPSA) is 391 Å². The van der Waals surface area contributed by atoms with Crippen molar-refractivity contribution in [1.82, 2.24) is 0 Å². The predicted molar refractivity (Wildman–Crippen MR) is 299 cm³/mol. The van der Waals surface area contributed by atoms with E-state index in [0.29, 0.717) is 58.0 Å². The van der Waals surface area contributed by atoms with Gasteiger partial charge in [0.15, 0.2) is 23.7 Å². The van der Waals surface area contributed by atoms with Crippen molar-refractivity contribution in [2.75, 3.05) is 59.1 Å². The largest absolute Gasteiger partial charge is 1.00 e. The van der Waals surface area contributed by atoms with Crippen LogP contribution in [0.3, 0.4) is 0 Å². The quantitative estimate of drug-likeness (QED) is 0.0167. The number of aliphatic carboxylic acids is 4. The van der Waals surface area contributed by atoms with Gasteiger partial charge in [-0.3, -0.25) is 52.1 Å². The van der Waals surface area contributed by atoms with Gasteiger partial charge in [-0.1, -0.05) is 106 Å². The van der Waals surface area contributed by atoms with Gasteiger partial charge in [-0.25, -0.2) is 0 Å². The summed E-state index contributed by atoms with van der Waals surface area (Å²) in [5.41, 5.74) is 0. The standard InChI is InChI=1S/2C11H20O4.3C7H12O4.C7H16O2.C5H10O3S.Na.H/c2*1-4-7-8-9(10(12)14-5-2)11(13)15-6-3;1-3-10-6(8)5-7(9)11-4-2;2*1-2-3-4-5(6(8)9)7(10)11;1-2-3-4-7(5-8)6-9;1-4-3-5(4)8-9(2,6)7;;/h2*9H,4-8H2,1-3H3;3-5H2,1-2H3;2*5H,2-4H2,1H3,(H,8,9)(H,10,11);7-9H,2-6H2,1H3;4-5H,3H2,1-2H3;;/q;;;;;;;+1;-1. The molecular formula is C55H103NaO25S. The molecule has 1 fully saturated rings. The Hall–Kier alpha value is -4.47. The number of carboxylic acid groups (broad SMARTS) is 4. The van der Waals surface area contributed by atoms with Gasteiger partial charge in [0.25, 0.3) is 10.1 Å². The van der Waals surface area contributed by atoms with Crippen LogP contribution in [0, 0.1) is 35.5 Å². The van der Waals surface area contributed by atoms with E-state index in [4.69, 9.17) is 49.6 Å². The first-order valence-corrected chi connectivity index (χ1v) is 29.9. The van der Waals surface area contributed by atoms with Gasteiger partial charge in [0, 0.05) is 19.1 Å². The third-order valence-corrected chi connectivity index (χ3v) is 11.2. The number of aliphatic hydroxyl groups is 2. The predicted octanol–water partition coefficient (Wildman–Crippen LogP) is 4.53. The number of unbranched alkanes of at least 4 members (excludes halogenated alkanes) is 5. The number of aliphatic hydroxyl groups excluding tert-OH is 2. The van der Waals surface area contributed by atoms with Crippen LogP contribution in [-0.2, 0) is 90.7 Å². The summed E-state index contributed by atoms with van der Waals surface area (Å²) in [5.74, 6) is -11.3. The average molecular weight is 1220 g/mol. The summed E-state index contributed by atoms with van der Waals surface area (Å²) < 4.78 is 53.8. The maximum Gasteiger partial charge on any atom is 1.00 e. The molecule has 0 radical (unpaired) electrons. The van der Waals surface area contributed by atoms with Crippen LogP contribution in [0.15, 0.2) is 0 Å². The van der Waals surface area contributed by atoms with Crippen molar-refractivity contribution in [3.05, 3.63) is 0 Å². The van der Waals surface area contributed by atoms with E-state index in [1.54, 1.807) is 41.5 Å². The molecule has 82 heavy (non-hydrogen) atoms. The van der Waals surface area contributed by atoms with Gasteiger partial charge in [0.2, 0.25) is 0 Å². The molecule has 0 saturated heterocycles. The van der Waals surface area contributed by atoms with Crippen molar-refractivity contribution < 1.29 is 151 Å². The van der Waals surface area contributed by atoms with Crippen molar-refractivity contribution in [3.63, 3.8) is 0 Å². The van der Waals surface area contributed by atoms with E-state index in [-0.39, 0.29) is 88.7 Å². The molecule has 0 aromatic heterocycles. The summed E-state index contributed by atoms with van der Waals surface area (Å²) in [7, 11) is -3.19. The second-order valence-corrected chi connectivity index (χ2v) is 19.5. The van der Waals surface area contributed by atoms with Crippen molar-refractivity contribution in [2.24, 2.45) is 35.5 Å². The minimum atomic E-state index is -3.19. The molecule has 0 aromatic rings. The minimum Gasteiger partial charge on any atom is -1.00 e. The zero-order valence-corrected chi connectivity index (χ0v) is 54.4. The third-order valence-electron chi connectivity index (χ3n) is 10.6. The monoisotopic (exact) mass is 1220 g/mol. The molecule has 1 aliphatic rings. The summed E-state index contributed by atoms with van der Waals surface area (Å²) in [6.45, 7) is 24.1. The second kappa shape index (κ2) is 61.1. The number of rotatable bonds is 35. The maximum atomic E-state index is 11.4. The molecule has 6 N–H and O–H groups in total. The summed E-state index contributed by atoms with van der Waals surface area (Å²) >= 11 is 0. The minimum absolute atomic E-state index is 0. The number of hydrogen-bond acceptors (Lipinski definition) is 21. The van der Waals surface area contributed by atoms with E-state index in [0.717, 1.165) is 70.5 Å². The van der Waals surface area contributed by atoms with Crippen LogP contribution >= 0.6 is 0 Å². The zero-order valence-electron chi connectivity index (χ0n) is 52.6. The molecule has 2 unspecified atom stereocenters. The first-order chi connectivity index (χ1) is 38.1. The molecule has 1 aliphatic carbocycles. The van der Waals surface area contributed by atoms with Crippen molar-refractivity contribution in [2.45, 2.75) is 198 Å². The SMILES string of the molecule is CC1CC1OS(C)(=O)=O.CCCCC(C(=O)O)C(=O)O.CCCCC(C(=O)O)C(=O)O.CCCCC(C(=O)OCC)C(=O)OCC.CCCCC(C(=O)OCC)C(=O)OCC.CCCCC(CO)CO.CCOC(=O)CC(=O)OCC.[H-].[Na+]. The van der Waals surface area contributed by atoms with Crippen LogP contribution in [0.25, 0.3) is 0 Å². The van der Waals surface area contributed by atoms with Crippen LogP contribution in [0.4, 0.5) is 0 Å². The van der Waals surface area contributed by atoms with Gasteiger partial charge in [-0.2, -0.15) is 8.42 Å². The van der Waals surface area contributed by atoms with Crippen LogP contribution in [-0.4, -0.2) is 164 Å². The third kappa shape index (κ3) is 58.7. The first-order valence-electron chi connectivity index (χ1n) is 28.0. The van der Waals surface area contributed by atoms with Gasteiger partial charge < -0.3 is 60.5 Å². The molecule has 1 saturated carbocycles. The Balaban J connectivity index is -0.000000132. The molecule has 0 heterocycles. The Labute approximate surface area is 510 Å². The zero-order chi connectivity index (χ0) is 63.9. The van der Waals surface area contributed by atoms with Crippen LogP contribution in [0.1, 0.15) is 194 Å². The van der Waals surface area contributed by atoms with Gasteiger partial charge in [0.05, 0.1) is 52.0 Å². The van der Waals surface area contributed by atoms with E-state index in [1.807, 2.05) is 34.6 Å². The van der Waals surface area contributed by atoms with Gasteiger partial charge in [-0.05, 0) is 86.0 Å². The van der Waals surface area contributed by atoms with Gasteiger partial charge in [-0.15, -0.1) is 0 Å². The Morgan fingerprint density at radius 3 is 0.841 bits per heavy atom. The number of esters is 6. The molecule has 0 spiro atoms. The van der Waals surface area contributed by atoms with Gasteiger partial charge >= 0.3 is 89.3 Å². The van der Waals surface area contributed by atoms with Crippen molar-refractivity contribution in [1.29, 1.82) is 0 Å². The van der Waals surface area contributed by atoms with Crippen molar-refractivity contribution >= 4 is 69.8 Å². The molecule has 27 heteroatoms. The Morgan fingerprint density at radius 1 is 0.439 bits per heavy atom. The Bertz CT molecular complexity index is 1650. The van der Waals surface area contributed by atoms with Crippen molar-refractivity contribution in [3.8, 4) is 0 Å². The molecular weight excluding hydrogens is 1120 g/mol. The Kier molecular flexibility index (Phi) is 68.0. The smallest absolute Gasteiger partial charge is 1.00 e. The van der Waals surface area contributed by atoms with Gasteiger partial charge in [0.1, 0.15) is 6.42 Å². The summed E-state index contributed by atoms with van der Waals surface area (Å²) in [6.07, 6.45) is 12.7. The maximum absolute atomic E-state index is 11.4. The fourth-order valence-corrected chi connectivity index (χ4v) is 6.61. The number of ether oxygens (including phenoxy) is 6. The van der Waals surface area contributed by atoms with Crippen LogP contribution in [0.2, 0.25) is 0 Å².